The number of nitriles is 2. The van der Waals surface area contributed by atoms with Crippen LogP contribution in [0.15, 0.2) is 66.0 Å². The third-order valence-corrected chi connectivity index (χ3v) is 7.66. The number of rotatable bonds is 4. The number of terminal acetylenes is 1. The second kappa shape index (κ2) is 9.20. The number of methoxy groups -OCH3 is 2. The van der Waals surface area contributed by atoms with Gasteiger partial charge in [0, 0.05) is 17.6 Å². The van der Waals surface area contributed by atoms with Gasteiger partial charge in [0.05, 0.1) is 50.9 Å². The zero-order valence-electron chi connectivity index (χ0n) is 21.2. The molecule has 2 atom stereocenters. The van der Waals surface area contributed by atoms with Gasteiger partial charge in [-0.05, 0) is 28.8 Å². The molecule has 39 heavy (non-hydrogen) atoms. The third-order valence-electron chi connectivity index (χ3n) is 7.66. The number of hydrogen-bond donors (Lipinski definition) is 0. The molecule has 9 heteroatoms. The Morgan fingerprint density at radius 2 is 1.74 bits per heavy atom. The Kier molecular flexibility index (Phi) is 5.98. The monoisotopic (exact) mass is 518 g/mol. The fourth-order valence-corrected chi connectivity index (χ4v) is 6.14. The van der Waals surface area contributed by atoms with Crippen LogP contribution >= 0.6 is 0 Å². The molecule has 0 unspecified atom stereocenters. The summed E-state index contributed by atoms with van der Waals surface area (Å²) < 4.78 is 10.1. The Bertz CT molecular complexity index is 1600. The van der Waals surface area contributed by atoms with Crippen LogP contribution in [-0.2, 0) is 29.3 Å². The molecule has 2 aromatic rings. The highest BCUT2D eigenvalue weighted by atomic mass is 16.5. The number of esters is 2. The zero-order valence-corrected chi connectivity index (χ0v) is 21.2. The number of carbonyl (C=O) groups excluding carboxylic acids is 3. The zero-order chi connectivity index (χ0) is 27.9. The summed E-state index contributed by atoms with van der Waals surface area (Å²) in [6.45, 7) is -0.170. The second-order valence-corrected chi connectivity index (χ2v) is 9.21. The molecule has 0 fully saturated rings. The van der Waals surface area contributed by atoms with E-state index in [1.54, 1.807) is 53.6 Å². The van der Waals surface area contributed by atoms with Crippen LogP contribution in [0.5, 0.6) is 0 Å². The molecular formula is C30H22N4O5. The van der Waals surface area contributed by atoms with Gasteiger partial charge in [-0.25, -0.2) is 4.79 Å². The lowest BCUT2D eigenvalue weighted by molar-refractivity contribution is -0.142. The van der Waals surface area contributed by atoms with Gasteiger partial charge in [-0.2, -0.15) is 10.5 Å². The van der Waals surface area contributed by atoms with Crippen LogP contribution < -0.4 is 4.90 Å². The highest BCUT2D eigenvalue weighted by Crippen LogP contribution is 2.66. The summed E-state index contributed by atoms with van der Waals surface area (Å²) >= 11 is 0. The minimum absolute atomic E-state index is 0.0938. The first-order valence-electron chi connectivity index (χ1n) is 12.0. The summed E-state index contributed by atoms with van der Waals surface area (Å²) in [6.07, 6.45) is 8.56. The standard InChI is InChI=1S/C30H22N4O5/c1-4-14-34-22-12-8-7-11-21(22)30(28(34)37)25(27(36)39-3)23(16-24(35)38-2)33-15-13-19-9-5-6-10-20(19)26(33)29(30,17-31)18-32/h1,5-13,15,26H,14,16H2,2-3H3/t26-,30-/m0/s1. The van der Waals surface area contributed by atoms with E-state index in [1.807, 2.05) is 12.1 Å². The van der Waals surface area contributed by atoms with Crippen LogP contribution in [-0.4, -0.2) is 43.5 Å². The van der Waals surface area contributed by atoms with Crippen molar-refractivity contribution in [1.29, 1.82) is 10.5 Å². The molecule has 3 aliphatic heterocycles. The van der Waals surface area contributed by atoms with E-state index in [9.17, 15) is 24.9 Å². The van der Waals surface area contributed by atoms with Crippen LogP contribution in [0.2, 0.25) is 0 Å². The first-order valence-corrected chi connectivity index (χ1v) is 12.0. The quantitative estimate of drug-likeness (QED) is 0.447. The van der Waals surface area contributed by atoms with E-state index >= 15 is 0 Å². The molecule has 0 bridgehead atoms. The Hall–Kier alpha value is -5.33. The first kappa shape index (κ1) is 25.3. The normalized spacial score (nSPS) is 21.7. The number of para-hydroxylation sites is 1. The van der Waals surface area contributed by atoms with Gasteiger partial charge in [0.25, 0.3) is 0 Å². The van der Waals surface area contributed by atoms with Crippen molar-refractivity contribution >= 4 is 29.6 Å². The summed E-state index contributed by atoms with van der Waals surface area (Å²) in [5.74, 6) is 0.0923. The number of anilines is 1. The van der Waals surface area contributed by atoms with Crippen molar-refractivity contribution in [3.05, 3.63) is 82.7 Å². The Morgan fingerprint density at radius 3 is 2.41 bits per heavy atom. The lowest BCUT2D eigenvalue weighted by Gasteiger charge is -2.53. The number of hydrogen-bond acceptors (Lipinski definition) is 8. The van der Waals surface area contributed by atoms with Crippen molar-refractivity contribution in [2.75, 3.05) is 25.7 Å². The maximum absolute atomic E-state index is 14.7. The van der Waals surface area contributed by atoms with Crippen molar-refractivity contribution in [2.45, 2.75) is 17.9 Å². The van der Waals surface area contributed by atoms with Crippen molar-refractivity contribution in [3.63, 3.8) is 0 Å². The molecule has 1 spiro atoms. The van der Waals surface area contributed by atoms with Crippen LogP contribution in [0.3, 0.4) is 0 Å². The molecular weight excluding hydrogens is 496 g/mol. The minimum atomic E-state index is -2.20. The fourth-order valence-electron chi connectivity index (χ4n) is 6.14. The van der Waals surface area contributed by atoms with Crippen molar-refractivity contribution in [2.24, 2.45) is 5.41 Å². The number of amides is 1. The molecule has 0 saturated carbocycles. The van der Waals surface area contributed by atoms with Crippen molar-refractivity contribution in [3.8, 4) is 24.5 Å². The number of fused-ring (bicyclic) bond motifs is 5. The first-order chi connectivity index (χ1) is 18.9. The van der Waals surface area contributed by atoms with E-state index in [-0.39, 0.29) is 23.4 Å². The predicted octanol–water partition coefficient (Wildman–Crippen LogP) is 2.97. The average Bonchev–Trinajstić information content (AvgIpc) is 3.21. The maximum Gasteiger partial charge on any atom is 0.337 e. The van der Waals surface area contributed by atoms with Crippen molar-refractivity contribution < 1.29 is 23.9 Å². The largest absolute Gasteiger partial charge is 0.469 e. The average molecular weight is 519 g/mol. The van der Waals surface area contributed by atoms with E-state index in [1.165, 1.54) is 12.0 Å². The van der Waals surface area contributed by atoms with Crippen LogP contribution in [0, 0.1) is 40.4 Å². The van der Waals surface area contributed by atoms with Gasteiger partial charge in [0.1, 0.15) is 5.41 Å². The highest BCUT2D eigenvalue weighted by molar-refractivity contribution is 6.17. The molecule has 2 aromatic carbocycles. The highest BCUT2D eigenvalue weighted by Gasteiger charge is 2.75. The molecule has 5 rings (SSSR count). The van der Waals surface area contributed by atoms with Gasteiger partial charge < -0.3 is 14.4 Å². The summed E-state index contributed by atoms with van der Waals surface area (Å²) in [5, 5.41) is 22.0. The lowest BCUT2D eigenvalue weighted by Crippen LogP contribution is -2.63. The number of nitrogens with zero attached hydrogens (tertiary/aromatic N) is 4. The third kappa shape index (κ3) is 3.09. The van der Waals surface area contributed by atoms with Crippen LogP contribution in [0.25, 0.3) is 6.08 Å². The number of carbonyl (C=O) groups is 3. The summed E-state index contributed by atoms with van der Waals surface area (Å²) in [6, 6.07) is 17.0. The molecule has 0 N–H and O–H groups in total. The van der Waals surface area contributed by atoms with Gasteiger partial charge in [-0.3, -0.25) is 14.5 Å². The van der Waals surface area contributed by atoms with E-state index in [0.29, 0.717) is 11.3 Å². The fraction of sp³-hybridized carbons (Fsp3) is 0.233. The maximum atomic E-state index is 14.7. The molecule has 1 amide bonds. The van der Waals surface area contributed by atoms with Crippen LogP contribution in [0.4, 0.5) is 5.69 Å². The predicted molar refractivity (Wildman–Crippen MR) is 139 cm³/mol. The van der Waals surface area contributed by atoms with Gasteiger partial charge in [-0.15, -0.1) is 6.42 Å². The number of ether oxygens (including phenoxy) is 2. The molecule has 9 nitrogen and oxygen atoms in total. The molecule has 192 valence electrons. The lowest BCUT2D eigenvalue weighted by atomic mass is 9.51. The second-order valence-electron chi connectivity index (χ2n) is 9.21. The smallest absolute Gasteiger partial charge is 0.337 e. The van der Waals surface area contributed by atoms with Gasteiger partial charge in [0.2, 0.25) is 5.91 Å². The molecule has 0 saturated heterocycles. The van der Waals surface area contributed by atoms with Gasteiger partial charge in [-0.1, -0.05) is 48.4 Å². The molecule has 0 radical (unpaired) electrons. The molecule has 3 heterocycles. The SMILES string of the molecule is C#CCN1C(=O)[C@@]2(C(C(=O)OC)=C(CC(=O)OC)N3C=Cc4ccccc4[C@H]3C2(C#N)C#N)c2ccccc21. The van der Waals surface area contributed by atoms with E-state index in [4.69, 9.17) is 15.9 Å². The molecule has 3 aliphatic rings. The van der Waals surface area contributed by atoms with Gasteiger partial charge in [0.15, 0.2) is 5.41 Å². The summed E-state index contributed by atoms with van der Waals surface area (Å²) in [4.78, 5) is 44.0. The van der Waals surface area contributed by atoms with E-state index in [2.05, 4.69) is 18.1 Å². The summed E-state index contributed by atoms with van der Waals surface area (Å²) in [5.41, 5.74) is -2.65. The number of benzene rings is 2. The molecule has 0 aromatic heterocycles. The summed E-state index contributed by atoms with van der Waals surface area (Å²) in [7, 11) is 2.34. The minimum Gasteiger partial charge on any atom is -0.469 e. The van der Waals surface area contributed by atoms with E-state index < -0.39 is 41.1 Å². The Labute approximate surface area is 225 Å². The van der Waals surface area contributed by atoms with Gasteiger partial charge >= 0.3 is 11.9 Å². The van der Waals surface area contributed by atoms with E-state index in [0.717, 1.165) is 12.7 Å². The topological polar surface area (TPSA) is 124 Å². The van der Waals surface area contributed by atoms with Crippen LogP contribution in [0.1, 0.15) is 29.2 Å². The Balaban J connectivity index is 2.03. The van der Waals surface area contributed by atoms with Crippen molar-refractivity contribution in [1.82, 2.24) is 4.90 Å². The Morgan fingerprint density at radius 1 is 1.05 bits per heavy atom. The molecule has 0 aliphatic carbocycles.